The summed E-state index contributed by atoms with van der Waals surface area (Å²) in [6.07, 6.45) is -4.63. The van der Waals surface area contributed by atoms with Crippen LogP contribution in [0.25, 0.3) is 0 Å². The third-order valence-electron chi connectivity index (χ3n) is 4.47. The van der Waals surface area contributed by atoms with E-state index in [2.05, 4.69) is 9.44 Å². The van der Waals surface area contributed by atoms with Crippen LogP contribution in [0.2, 0.25) is 0 Å². The minimum atomic E-state index is -4.63. The lowest BCUT2D eigenvalue weighted by molar-refractivity contribution is -0.137. The lowest BCUT2D eigenvalue weighted by Crippen LogP contribution is -2.16. The molecule has 3 aromatic rings. The molecule has 0 spiro atoms. The van der Waals surface area contributed by atoms with Gasteiger partial charge >= 0.3 is 6.18 Å². The number of rotatable bonds is 6. The van der Waals surface area contributed by atoms with Crippen LogP contribution in [0.1, 0.15) is 16.7 Å². The second kappa shape index (κ2) is 8.47. The molecule has 0 aromatic heterocycles. The fourth-order valence-corrected chi connectivity index (χ4v) is 5.38. The summed E-state index contributed by atoms with van der Waals surface area (Å²) in [7, 11) is -8.29. The molecule has 0 saturated heterocycles. The predicted octanol–water partition coefficient (Wildman–Crippen LogP) is 4.92. The molecule has 11 heteroatoms. The molecule has 0 aliphatic heterocycles. The smallest absolute Gasteiger partial charge is 0.280 e. The van der Waals surface area contributed by atoms with E-state index in [-0.39, 0.29) is 21.2 Å². The average molecular weight is 485 g/mol. The van der Waals surface area contributed by atoms with Crippen molar-refractivity contribution in [1.29, 1.82) is 0 Å². The number of anilines is 2. The van der Waals surface area contributed by atoms with E-state index >= 15 is 0 Å². The molecule has 6 nitrogen and oxygen atoms in total. The van der Waals surface area contributed by atoms with Crippen molar-refractivity contribution >= 4 is 31.4 Å². The maximum absolute atomic E-state index is 12.9. The number of benzene rings is 3. The van der Waals surface area contributed by atoms with Gasteiger partial charge in [0.15, 0.2) is 0 Å². The summed E-state index contributed by atoms with van der Waals surface area (Å²) in [6, 6.07) is 13.6. The number of nitrogens with one attached hydrogen (secondary N) is 2. The van der Waals surface area contributed by atoms with Gasteiger partial charge in [-0.15, -0.1) is 0 Å². The zero-order valence-electron chi connectivity index (χ0n) is 16.9. The lowest BCUT2D eigenvalue weighted by Gasteiger charge is -2.13. The number of halogens is 3. The van der Waals surface area contributed by atoms with Crippen molar-refractivity contribution < 1.29 is 30.0 Å². The first-order valence-electron chi connectivity index (χ1n) is 9.18. The van der Waals surface area contributed by atoms with E-state index in [4.69, 9.17) is 0 Å². The average Bonchev–Trinajstić information content (AvgIpc) is 2.69. The molecular formula is C21H19F3N2O4S2. The molecule has 32 heavy (non-hydrogen) atoms. The SMILES string of the molecule is Cc1ccc(C)c(S(=O)(=O)Nc2cccc(S(=O)(=O)Nc3cccc(C(F)(F)F)c3)c2)c1. The summed E-state index contributed by atoms with van der Waals surface area (Å²) < 4.78 is 94.0. The first-order chi connectivity index (χ1) is 14.8. The minimum absolute atomic E-state index is 0.0159. The maximum Gasteiger partial charge on any atom is 0.416 e. The fourth-order valence-electron chi connectivity index (χ4n) is 2.91. The highest BCUT2D eigenvalue weighted by Crippen LogP contribution is 2.31. The van der Waals surface area contributed by atoms with E-state index in [9.17, 15) is 30.0 Å². The maximum atomic E-state index is 12.9. The van der Waals surface area contributed by atoms with Crippen molar-refractivity contribution in [1.82, 2.24) is 0 Å². The van der Waals surface area contributed by atoms with Crippen molar-refractivity contribution in [3.05, 3.63) is 83.4 Å². The molecule has 2 N–H and O–H groups in total. The van der Waals surface area contributed by atoms with Crippen LogP contribution < -0.4 is 9.44 Å². The van der Waals surface area contributed by atoms with Crippen LogP contribution in [0.15, 0.2) is 76.5 Å². The van der Waals surface area contributed by atoms with Gasteiger partial charge in [-0.25, -0.2) is 16.8 Å². The number of aryl methyl sites for hydroxylation is 2. The van der Waals surface area contributed by atoms with Crippen LogP contribution in [0.5, 0.6) is 0 Å². The van der Waals surface area contributed by atoms with E-state index in [1.54, 1.807) is 26.0 Å². The number of alkyl halides is 3. The number of hydrogen-bond acceptors (Lipinski definition) is 4. The molecule has 3 aromatic carbocycles. The zero-order chi connectivity index (χ0) is 23.7. The van der Waals surface area contributed by atoms with Crippen molar-refractivity contribution in [3.8, 4) is 0 Å². The Labute approximate surface area is 184 Å². The van der Waals surface area contributed by atoms with Gasteiger partial charge < -0.3 is 0 Å². The van der Waals surface area contributed by atoms with Gasteiger partial charge in [-0.05, 0) is 67.4 Å². The van der Waals surface area contributed by atoms with Gasteiger partial charge in [0.2, 0.25) is 0 Å². The van der Waals surface area contributed by atoms with Gasteiger partial charge in [-0.2, -0.15) is 13.2 Å². The van der Waals surface area contributed by atoms with Crippen molar-refractivity contribution in [2.45, 2.75) is 29.8 Å². The topological polar surface area (TPSA) is 92.3 Å². The Morgan fingerprint density at radius 1 is 0.719 bits per heavy atom. The summed E-state index contributed by atoms with van der Waals surface area (Å²) in [5.41, 5.74) is -0.0533. The largest absolute Gasteiger partial charge is 0.416 e. The minimum Gasteiger partial charge on any atom is -0.280 e. The number of hydrogen-bond donors (Lipinski definition) is 2. The zero-order valence-corrected chi connectivity index (χ0v) is 18.6. The molecule has 0 saturated carbocycles. The normalized spacial score (nSPS) is 12.4. The third-order valence-corrected chi connectivity index (χ3v) is 7.37. The van der Waals surface area contributed by atoms with Crippen LogP contribution in [0.3, 0.4) is 0 Å². The quantitative estimate of drug-likeness (QED) is 0.519. The molecule has 170 valence electrons. The van der Waals surface area contributed by atoms with Gasteiger partial charge in [-0.3, -0.25) is 9.44 Å². The standard InChI is InChI=1S/C21H19F3N2O4S2/c1-14-9-10-15(2)20(11-14)32(29,30)26-18-7-4-8-19(13-18)31(27,28)25-17-6-3-5-16(12-17)21(22,23)24/h3-13,25-26H,1-2H3. The van der Waals surface area contributed by atoms with Gasteiger partial charge in [0.05, 0.1) is 21.0 Å². The predicted molar refractivity (Wildman–Crippen MR) is 115 cm³/mol. The van der Waals surface area contributed by atoms with Crippen molar-refractivity contribution in [2.24, 2.45) is 0 Å². The summed E-state index contributed by atoms with van der Waals surface area (Å²) in [5.74, 6) is 0. The van der Waals surface area contributed by atoms with Crippen LogP contribution in [-0.2, 0) is 26.2 Å². The first kappa shape index (κ1) is 23.6. The summed E-state index contributed by atoms with van der Waals surface area (Å²) in [5, 5.41) is 0. The van der Waals surface area contributed by atoms with E-state index < -0.39 is 31.8 Å². The van der Waals surface area contributed by atoms with Gasteiger partial charge in [0.1, 0.15) is 0 Å². The highest BCUT2D eigenvalue weighted by atomic mass is 32.2. The first-order valence-corrected chi connectivity index (χ1v) is 12.1. The van der Waals surface area contributed by atoms with Gasteiger partial charge in [-0.1, -0.05) is 24.3 Å². The van der Waals surface area contributed by atoms with E-state index in [0.29, 0.717) is 11.6 Å². The van der Waals surface area contributed by atoms with Crippen LogP contribution >= 0.6 is 0 Å². The molecular weight excluding hydrogens is 465 g/mol. The van der Waals surface area contributed by atoms with E-state index in [1.165, 1.54) is 30.3 Å². The molecule has 0 heterocycles. The van der Waals surface area contributed by atoms with E-state index in [1.807, 2.05) is 0 Å². The lowest BCUT2D eigenvalue weighted by atomic mass is 10.2. The Morgan fingerprint density at radius 2 is 1.31 bits per heavy atom. The Hall–Kier alpha value is -3.05. The Morgan fingerprint density at radius 3 is 1.97 bits per heavy atom. The third kappa shape index (κ3) is 5.40. The molecule has 0 aliphatic carbocycles. The summed E-state index contributed by atoms with van der Waals surface area (Å²) in [6.45, 7) is 3.37. The molecule has 0 atom stereocenters. The van der Waals surface area contributed by atoms with Crippen molar-refractivity contribution in [3.63, 3.8) is 0 Å². The highest BCUT2D eigenvalue weighted by Gasteiger charge is 2.30. The number of sulfonamides is 2. The molecule has 0 radical (unpaired) electrons. The Kier molecular flexibility index (Phi) is 6.25. The molecule has 0 fully saturated rings. The van der Waals surface area contributed by atoms with Crippen molar-refractivity contribution in [2.75, 3.05) is 9.44 Å². The molecule has 0 bridgehead atoms. The van der Waals surface area contributed by atoms with Crippen LogP contribution in [0.4, 0.5) is 24.5 Å². The molecule has 3 rings (SSSR count). The van der Waals surface area contributed by atoms with E-state index in [0.717, 1.165) is 23.8 Å². The second-order valence-electron chi connectivity index (χ2n) is 7.09. The molecule has 0 unspecified atom stereocenters. The Balaban J connectivity index is 1.89. The highest BCUT2D eigenvalue weighted by molar-refractivity contribution is 7.93. The molecule has 0 amide bonds. The summed E-state index contributed by atoms with van der Waals surface area (Å²) >= 11 is 0. The van der Waals surface area contributed by atoms with Gasteiger partial charge in [0, 0.05) is 5.69 Å². The van der Waals surface area contributed by atoms with Gasteiger partial charge in [0.25, 0.3) is 20.0 Å². The molecule has 0 aliphatic rings. The second-order valence-corrected chi connectivity index (χ2v) is 10.4. The Bertz CT molecular complexity index is 1370. The monoisotopic (exact) mass is 484 g/mol. The van der Waals surface area contributed by atoms with Crippen LogP contribution in [-0.4, -0.2) is 16.8 Å². The van der Waals surface area contributed by atoms with Crippen LogP contribution in [0, 0.1) is 13.8 Å². The summed E-state index contributed by atoms with van der Waals surface area (Å²) in [4.78, 5) is -0.274. The fraction of sp³-hybridized carbons (Fsp3) is 0.143.